The van der Waals surface area contributed by atoms with Crippen LogP contribution in [0.15, 0.2) is 54.7 Å². The first-order chi connectivity index (χ1) is 21.2. The monoisotopic (exact) mass is 714 g/mol. The number of guanidine groups is 2. The van der Waals surface area contributed by atoms with Crippen molar-refractivity contribution in [2.75, 3.05) is 0 Å². The summed E-state index contributed by atoms with van der Waals surface area (Å²) in [5, 5.41) is 4.47. The van der Waals surface area contributed by atoms with Crippen molar-refractivity contribution in [2.24, 2.45) is 41.9 Å². The Balaban J connectivity index is 1.95. The third-order valence-corrected chi connectivity index (χ3v) is 8.42. The molecule has 0 aromatic heterocycles. The number of hydrogen-bond acceptors (Lipinski definition) is 9. The lowest BCUT2D eigenvalue weighted by atomic mass is 9.93. The van der Waals surface area contributed by atoms with E-state index in [9.17, 15) is 61.5 Å². The number of hydrogen-bond donors (Lipinski definition) is 2. The summed E-state index contributed by atoms with van der Waals surface area (Å²) in [7, 11) is 0. The van der Waals surface area contributed by atoms with E-state index < -0.39 is 115 Å². The molecule has 256 valence electrons. The molecule has 0 fully saturated rings. The summed E-state index contributed by atoms with van der Waals surface area (Å²) in [6.45, 7) is 1.50. The summed E-state index contributed by atoms with van der Waals surface area (Å²) in [6, 6.07) is 0.245. The van der Waals surface area contributed by atoms with Gasteiger partial charge in [-0.1, -0.05) is 0 Å². The smallest absolute Gasteiger partial charge is 0.367 e. The van der Waals surface area contributed by atoms with E-state index in [0.29, 0.717) is 0 Å². The molecule has 0 radical (unpaired) electrons. The Bertz CT molecular complexity index is 1590. The maximum Gasteiger partial charge on any atom is 0.440 e. The topological polar surface area (TPSA) is 126 Å². The molecule has 2 aromatic carbocycles. The Morgan fingerprint density at radius 3 is 1.15 bits per heavy atom. The van der Waals surface area contributed by atoms with Gasteiger partial charge in [-0.3, -0.25) is 0 Å². The second kappa shape index (κ2) is 11.3. The molecular weight excluding hydrogens is 698 g/mol. The Labute approximate surface area is 257 Å². The minimum absolute atomic E-state index is 0.0458. The lowest BCUT2D eigenvalue weighted by Gasteiger charge is -2.32. The van der Waals surface area contributed by atoms with Crippen LogP contribution in [0.1, 0.15) is 43.9 Å². The molecule has 8 nitrogen and oxygen atoms in total. The highest BCUT2D eigenvalue weighted by atomic mass is 32.2. The summed E-state index contributed by atoms with van der Waals surface area (Å²) in [6.07, 6.45) is -22.8. The van der Waals surface area contributed by atoms with Crippen molar-refractivity contribution in [1.29, 1.82) is 0 Å². The molecule has 0 saturated carbocycles. The van der Waals surface area contributed by atoms with Crippen LogP contribution in [0.2, 0.25) is 0 Å². The van der Waals surface area contributed by atoms with Gasteiger partial charge in [0, 0.05) is 11.1 Å². The van der Waals surface area contributed by atoms with E-state index in [1.54, 1.807) is 0 Å². The van der Waals surface area contributed by atoms with Gasteiger partial charge in [0.1, 0.15) is 22.1 Å². The number of nitrogens with zero attached hydrogens (tertiary/aromatic N) is 6. The molecule has 4 unspecified atom stereocenters. The summed E-state index contributed by atoms with van der Waals surface area (Å²) < 4.78 is 202. The van der Waals surface area contributed by atoms with Gasteiger partial charge >= 0.3 is 24.7 Å². The van der Waals surface area contributed by atoms with Crippen LogP contribution >= 0.6 is 11.8 Å². The molecule has 2 aromatic rings. The summed E-state index contributed by atoms with van der Waals surface area (Å²) in [5.74, 6) is -5.92. The molecule has 0 spiro atoms. The lowest BCUT2D eigenvalue weighted by molar-refractivity contribution is -0.187. The SMILES string of the molecule is Cc1cc(F)c(C2(C(F)(F)F)N=NC(N)=N2)cc1C(SC(c1cc(C2(C(F)(F)F)N=NC(N)=N2)c(F)cc1C)C(F)(F)F)C(F)(F)F. The van der Waals surface area contributed by atoms with Gasteiger partial charge in [-0.25, -0.2) is 18.8 Å². The molecule has 0 aliphatic carbocycles. The van der Waals surface area contributed by atoms with E-state index in [-0.39, 0.29) is 24.3 Å². The van der Waals surface area contributed by atoms with Crippen molar-refractivity contribution in [3.05, 3.63) is 69.3 Å². The van der Waals surface area contributed by atoms with Crippen molar-refractivity contribution in [2.45, 2.75) is 60.4 Å². The molecule has 0 saturated heterocycles. The fourth-order valence-corrected chi connectivity index (χ4v) is 6.09. The molecule has 0 amide bonds. The normalized spacial score (nSPS) is 23.2. The zero-order chi connectivity index (χ0) is 35.7. The first kappa shape index (κ1) is 35.8. The highest BCUT2D eigenvalue weighted by Crippen LogP contribution is 2.58. The van der Waals surface area contributed by atoms with Crippen LogP contribution in [-0.4, -0.2) is 36.6 Å². The van der Waals surface area contributed by atoms with Crippen molar-refractivity contribution in [3.63, 3.8) is 0 Å². The second-order valence-corrected chi connectivity index (χ2v) is 11.3. The molecule has 0 bridgehead atoms. The average Bonchev–Trinajstić information content (AvgIpc) is 3.48. The fraction of sp³-hybridized carbons (Fsp3) is 0.417. The predicted octanol–water partition coefficient (Wildman–Crippen LogP) is 8.21. The first-order valence-electron chi connectivity index (χ1n) is 12.3. The highest BCUT2D eigenvalue weighted by Gasteiger charge is 2.63. The van der Waals surface area contributed by atoms with Gasteiger partial charge in [-0.2, -0.15) is 52.7 Å². The van der Waals surface area contributed by atoms with Gasteiger partial charge < -0.3 is 11.5 Å². The maximum atomic E-state index is 15.0. The maximum absolute atomic E-state index is 15.0. The van der Waals surface area contributed by atoms with Crippen LogP contribution in [0.3, 0.4) is 0 Å². The number of thioether (sulfide) groups is 1. The molecule has 2 aliphatic rings. The highest BCUT2D eigenvalue weighted by molar-refractivity contribution is 7.99. The van der Waals surface area contributed by atoms with E-state index >= 15 is 0 Å². The third-order valence-electron chi connectivity index (χ3n) is 6.83. The van der Waals surface area contributed by atoms with Crippen LogP contribution in [0.25, 0.3) is 0 Å². The van der Waals surface area contributed by atoms with Crippen molar-refractivity contribution < 1.29 is 61.5 Å². The minimum Gasteiger partial charge on any atom is -0.367 e. The third kappa shape index (κ3) is 6.20. The Morgan fingerprint density at radius 2 is 0.915 bits per heavy atom. The van der Waals surface area contributed by atoms with Crippen molar-refractivity contribution in [1.82, 2.24) is 0 Å². The number of aryl methyl sites for hydroxylation is 2. The van der Waals surface area contributed by atoms with Crippen LogP contribution < -0.4 is 11.5 Å². The van der Waals surface area contributed by atoms with Gasteiger partial charge in [-0.05, 0) is 60.4 Å². The van der Waals surface area contributed by atoms with E-state index in [4.69, 9.17) is 11.5 Å². The van der Waals surface area contributed by atoms with Crippen LogP contribution in [0.5, 0.6) is 0 Å². The summed E-state index contributed by atoms with van der Waals surface area (Å²) in [4.78, 5) is 5.85. The Morgan fingerprint density at radius 1 is 0.596 bits per heavy atom. The lowest BCUT2D eigenvalue weighted by Crippen LogP contribution is -2.39. The standard InChI is InChI=1S/C24H16F14N8S/c1-7-3-13(25)11(19(23(33,34)35)41-17(39)43-45-19)5-9(7)15(21(27,28)29)47-16(22(30,31)32)10-6-12(14(26)4-8(10)2)20(24(36,37)38)42-18(40)44-46-20/h3-6,15-16H,1-2H3,(H2,39,41)(H2,40,42). The van der Waals surface area contributed by atoms with Crippen LogP contribution in [0, 0.1) is 25.5 Å². The van der Waals surface area contributed by atoms with Gasteiger partial charge in [0.15, 0.2) is 0 Å². The molecule has 2 aliphatic heterocycles. The number of rotatable bonds is 6. The number of aliphatic imine (C=N–C) groups is 2. The van der Waals surface area contributed by atoms with E-state index in [2.05, 4.69) is 30.4 Å². The largest absolute Gasteiger partial charge is 0.440 e. The molecule has 4 rings (SSSR count). The average molecular weight is 714 g/mol. The number of nitrogens with two attached hydrogens (primary N) is 2. The van der Waals surface area contributed by atoms with Gasteiger partial charge in [0.05, 0.1) is 0 Å². The quantitative estimate of drug-likeness (QED) is 0.293. The Hall–Kier alpha value is -4.05. The molecule has 23 heteroatoms. The second-order valence-electron chi connectivity index (χ2n) is 10.0. The molecule has 47 heavy (non-hydrogen) atoms. The summed E-state index contributed by atoms with van der Waals surface area (Å²) >= 11 is -1.02. The number of alkyl halides is 12. The van der Waals surface area contributed by atoms with Gasteiger partial charge in [0.25, 0.3) is 11.3 Å². The first-order valence-corrected chi connectivity index (χ1v) is 13.3. The molecule has 2 heterocycles. The molecular formula is C24H16F14N8S. The number of azo groups is 2. The van der Waals surface area contributed by atoms with E-state index in [0.717, 1.165) is 13.8 Å². The predicted molar refractivity (Wildman–Crippen MR) is 136 cm³/mol. The summed E-state index contributed by atoms with van der Waals surface area (Å²) in [5.41, 5.74) is -5.35. The van der Waals surface area contributed by atoms with E-state index in [1.165, 1.54) is 0 Å². The van der Waals surface area contributed by atoms with Crippen LogP contribution in [0.4, 0.5) is 61.5 Å². The Kier molecular flexibility index (Phi) is 8.60. The number of benzene rings is 2. The van der Waals surface area contributed by atoms with Crippen molar-refractivity contribution >= 4 is 23.7 Å². The zero-order valence-electron chi connectivity index (χ0n) is 23.0. The zero-order valence-corrected chi connectivity index (χ0v) is 23.8. The molecule has 4 atom stereocenters. The van der Waals surface area contributed by atoms with Gasteiger partial charge in [0.2, 0.25) is 11.9 Å². The van der Waals surface area contributed by atoms with Crippen molar-refractivity contribution in [3.8, 4) is 0 Å². The van der Waals surface area contributed by atoms with Crippen LogP contribution in [-0.2, 0) is 11.3 Å². The minimum atomic E-state index is -5.73. The molecule has 4 N–H and O–H groups in total. The van der Waals surface area contributed by atoms with Gasteiger partial charge in [-0.15, -0.1) is 32.2 Å². The van der Waals surface area contributed by atoms with E-state index in [1.807, 2.05) is 0 Å². The number of halogens is 14. The fourth-order valence-electron chi connectivity index (χ4n) is 4.71.